The van der Waals surface area contributed by atoms with Crippen LogP contribution in [-0.2, 0) is 26.0 Å². The summed E-state index contributed by atoms with van der Waals surface area (Å²) in [7, 11) is 1.73. The van der Waals surface area contributed by atoms with Crippen LogP contribution in [0.2, 0.25) is 0 Å². The second-order valence-electron chi connectivity index (χ2n) is 23.1. The Kier molecular flexibility index (Phi) is 60.8. The van der Waals surface area contributed by atoms with E-state index in [1.807, 2.05) is 0 Å². The number of benzene rings is 3. The maximum absolute atomic E-state index is 6.29. The summed E-state index contributed by atoms with van der Waals surface area (Å²) in [6.07, 6.45) is 7.02. The normalized spacial score (nSPS) is 6.95. The van der Waals surface area contributed by atoms with E-state index < -0.39 is 0 Å². The Labute approximate surface area is 853 Å². The molecule has 0 aliphatic carbocycles. The number of ether oxygens (including phenoxy) is 2. The first-order chi connectivity index (χ1) is 72.1. The van der Waals surface area contributed by atoms with Crippen molar-refractivity contribution in [1.82, 2.24) is 9.88 Å². The smallest absolute Gasteiger partial charge is 0.162 e. The topological polar surface area (TPSA) is 37.5 Å². The lowest BCUT2D eigenvalue weighted by Gasteiger charge is -2.40. The molecule has 0 saturated carbocycles. The predicted octanol–water partition coefficient (Wildman–Crippen LogP) is 6.55. The average molecular weight is 1790 g/mol. The van der Waals surface area contributed by atoms with Gasteiger partial charge in [0.05, 0.1) is 7.11 Å². The minimum absolute atomic E-state index is 0.373. The van der Waals surface area contributed by atoms with Gasteiger partial charge in [-0.15, -0.1) is 6.42 Å². The SMILES string of the molecule is C#CC#CC#CC#CC#CC#CC#CC#CC#CC#CC#CC#CC#CC#CC#CC#CC#CC#CC#CC#CC#CC#CC#CC#CC#CC#CC#CC#CC#CC#CC#CC#CC#CC#CC#CC#CC#CC#CC#CC#CC#CC#CC#CC#CC#CC#CC#CC#CC#CC#CC#CC#CC#CC#CC#CC#CC.COc1cc2c(cc1OCc1cccc(C)c1)C1Cc3c([nH]c4ccccc34)CN1CC2. The van der Waals surface area contributed by atoms with Crippen molar-refractivity contribution < 1.29 is 9.47 Å². The number of nitrogens with one attached hydrogen (secondary N) is 1. The first-order valence-corrected chi connectivity index (χ1v) is 39.7. The van der Waals surface area contributed by atoms with E-state index in [4.69, 9.17) is 15.9 Å². The lowest BCUT2D eigenvalue weighted by Crippen LogP contribution is -2.39. The fraction of sp³-hybridized carbons (Fsp3) is 0.0638. The highest BCUT2D eigenvalue weighted by molar-refractivity contribution is 5.85. The Morgan fingerprint density at radius 2 is 0.510 bits per heavy atom. The van der Waals surface area contributed by atoms with E-state index in [1.165, 1.54) is 44.4 Å². The number of nitrogens with zero attached hydrogens (tertiary/aromatic N) is 1. The van der Waals surface area contributed by atoms with Gasteiger partial charge in [0, 0.05) is 592 Å². The third-order valence-corrected chi connectivity index (χ3v) is 14.0. The second-order valence-corrected chi connectivity index (χ2v) is 23.1. The van der Waals surface area contributed by atoms with E-state index in [0.29, 0.717) is 12.6 Å². The zero-order valence-corrected chi connectivity index (χ0v) is 75.7. The predicted molar refractivity (Wildman–Crippen MR) is 570 cm³/mol. The Balaban J connectivity index is 0.000000950. The summed E-state index contributed by atoms with van der Waals surface area (Å²) in [4.78, 5) is 6.27. The maximum Gasteiger partial charge on any atom is 0.162 e. The van der Waals surface area contributed by atoms with Crippen molar-refractivity contribution in [2.75, 3.05) is 13.7 Å². The number of aromatic nitrogens is 1. The molecular weight excluding hydrogens is 1750 g/mol. The van der Waals surface area contributed by atoms with Gasteiger partial charge < -0.3 is 14.5 Å². The second kappa shape index (κ2) is 81.8. The zero-order chi connectivity index (χ0) is 102. The van der Waals surface area contributed by atoms with Crippen LogP contribution in [-0.4, -0.2) is 23.5 Å². The molecule has 4 aromatic rings. The largest absolute Gasteiger partial charge is 0.493 e. The zero-order valence-electron chi connectivity index (χ0n) is 75.7. The number of methoxy groups -OCH3 is 1. The van der Waals surface area contributed by atoms with Crippen LogP contribution >= 0.6 is 0 Å². The van der Waals surface area contributed by atoms with Crippen LogP contribution < -0.4 is 9.47 Å². The number of aromatic amines is 1. The summed E-state index contributed by atoms with van der Waals surface area (Å²) in [6.45, 7) is 6.37. The molecule has 2 aliphatic rings. The van der Waals surface area contributed by atoms with Crippen molar-refractivity contribution >= 4 is 10.9 Å². The van der Waals surface area contributed by atoms with Gasteiger partial charge in [-0.25, -0.2) is 0 Å². The summed E-state index contributed by atoms with van der Waals surface area (Å²) in [6, 6.07) is 22.0. The van der Waals surface area contributed by atoms with Crippen LogP contribution in [0, 0.1) is 671 Å². The fourth-order valence-electron chi connectivity index (χ4n) is 8.89. The van der Waals surface area contributed by atoms with Crippen LogP contribution in [0.5, 0.6) is 11.5 Å². The molecule has 2 aliphatic heterocycles. The van der Waals surface area contributed by atoms with E-state index in [0.717, 1.165) is 37.4 Å². The molecule has 4 heteroatoms. The minimum atomic E-state index is 0.373. The molecule has 0 fully saturated rings. The van der Waals surface area contributed by atoms with Gasteiger partial charge >= 0.3 is 0 Å². The van der Waals surface area contributed by atoms with Crippen LogP contribution in [0.4, 0.5) is 0 Å². The molecular formula is C141H32N2O2. The van der Waals surface area contributed by atoms with Gasteiger partial charge in [0.25, 0.3) is 0 Å². The van der Waals surface area contributed by atoms with Crippen LogP contribution in [0.1, 0.15) is 46.5 Å². The number of fused-ring (bicyclic) bond motifs is 6. The quantitative estimate of drug-likeness (QED) is 0.236. The van der Waals surface area contributed by atoms with Crippen molar-refractivity contribution in [1.29, 1.82) is 0 Å². The van der Waals surface area contributed by atoms with Crippen LogP contribution in [0.25, 0.3) is 10.9 Å². The van der Waals surface area contributed by atoms with Gasteiger partial charge in [-0.05, 0) is 162 Å². The number of terminal acetylenes is 1. The molecule has 0 saturated heterocycles. The Bertz CT molecular complexity index is 10100. The average Bonchev–Trinajstić information content (AvgIpc) is 1.59. The van der Waals surface area contributed by atoms with E-state index in [-0.39, 0.29) is 0 Å². The van der Waals surface area contributed by atoms with E-state index >= 15 is 0 Å². The lowest BCUT2D eigenvalue weighted by molar-refractivity contribution is 0.158. The first-order valence-electron chi connectivity index (χ1n) is 39.7. The molecule has 0 radical (unpaired) electrons. The van der Waals surface area contributed by atoms with Gasteiger partial charge in [-0.1, -0.05) is 53.9 Å². The summed E-state index contributed by atoms with van der Waals surface area (Å²) >= 11 is 0. The van der Waals surface area contributed by atoms with E-state index in [9.17, 15) is 0 Å². The van der Waals surface area contributed by atoms with E-state index in [2.05, 4.69) is 735 Å². The number of hydrogen-bond acceptors (Lipinski definition) is 3. The van der Waals surface area contributed by atoms with E-state index in [1.54, 1.807) is 14.0 Å². The Morgan fingerprint density at radius 3 is 0.738 bits per heavy atom. The molecule has 1 unspecified atom stereocenters. The maximum atomic E-state index is 6.29. The number of H-pyrrole nitrogens is 1. The summed E-state index contributed by atoms with van der Waals surface area (Å²) in [5.41, 5.74) is 9.27. The molecule has 145 heavy (non-hydrogen) atoms. The Morgan fingerprint density at radius 1 is 0.276 bits per heavy atom. The summed E-state index contributed by atoms with van der Waals surface area (Å²) in [5.74, 6) is 279. The summed E-state index contributed by atoms with van der Waals surface area (Å²) < 4.78 is 12.0. The Hall–Kier alpha value is -27.9. The fourth-order valence-corrected chi connectivity index (χ4v) is 8.89. The molecule has 0 bridgehead atoms. The molecule has 0 amide bonds. The number of rotatable bonds is 4. The minimum Gasteiger partial charge on any atom is -0.493 e. The third kappa shape index (κ3) is 59.7. The molecule has 0 spiro atoms. The molecule has 3 heterocycles. The molecule has 6 rings (SSSR count). The summed E-state index contributed by atoms with van der Waals surface area (Å²) in [5, 5.41) is 1.36. The molecule has 618 valence electrons. The van der Waals surface area contributed by atoms with Crippen molar-refractivity contribution in [3.63, 3.8) is 0 Å². The van der Waals surface area contributed by atoms with Crippen molar-refractivity contribution in [2.24, 2.45) is 0 Å². The van der Waals surface area contributed by atoms with Crippen LogP contribution in [0.3, 0.4) is 0 Å². The number of para-hydroxylation sites is 1. The van der Waals surface area contributed by atoms with Crippen molar-refractivity contribution in [3.05, 3.63) is 94.2 Å². The monoisotopic (exact) mass is 1780 g/mol. The molecule has 1 atom stereocenters. The lowest BCUT2D eigenvalue weighted by atomic mass is 9.85. The van der Waals surface area contributed by atoms with Gasteiger partial charge in [0.2, 0.25) is 0 Å². The van der Waals surface area contributed by atoms with Gasteiger partial charge in [-0.2, -0.15) is 0 Å². The first kappa shape index (κ1) is 108. The molecule has 1 N–H and O–H groups in total. The highest BCUT2D eigenvalue weighted by atomic mass is 16.5. The highest BCUT2D eigenvalue weighted by Crippen LogP contribution is 2.44. The van der Waals surface area contributed by atoms with Gasteiger partial charge in [0.15, 0.2) is 11.5 Å². The molecule has 3 aromatic carbocycles. The number of aryl methyl sites for hydroxylation is 1. The van der Waals surface area contributed by atoms with Gasteiger partial charge in [0.1, 0.15) is 6.61 Å². The highest BCUT2D eigenvalue weighted by Gasteiger charge is 2.35. The number of hydrogen-bond donors (Lipinski definition) is 1. The van der Waals surface area contributed by atoms with Crippen molar-refractivity contribution in [3.8, 4) is 675 Å². The van der Waals surface area contributed by atoms with Gasteiger partial charge in [-0.3, -0.25) is 4.90 Å². The standard InChI is InChI=1S/C113H4.C28H28N2O2/c1-3-5-7-9-11-13-15-17-19-21-23-25-27-29-31-33-35-37-39-41-43-45-47-49-51-53-55-57-59-61-63-65-67-69-71-73-75-77-79-81-83-85-87-89-91-93-95-97-99-101-103-105-107-109-111-113-112-110-108-106-104-102-100-98-96-94-92-90-88-86-84-82-80-78-76-74-72-70-68-66-64-62-60-58-56-54-52-50-48-46-44-42-40-38-36-34-32-30-28-26-24-22-20-18-16-14-12-10-8-6-4-2;1-18-6-5-7-19(12-18)17-32-28-15-22-20(13-27(28)31-2)10-11-30-16-25-23(14-26(22)30)21-8-3-4-9-24(21)29-25/h1H,2H3;3-9,12-13,15,26,29H,10-11,14,16-17H2,1-2H3. The van der Waals surface area contributed by atoms with Crippen molar-refractivity contribution in [2.45, 2.75) is 45.9 Å². The molecule has 1 aromatic heterocycles. The third-order valence-electron chi connectivity index (χ3n) is 14.0. The van der Waals surface area contributed by atoms with Crippen LogP contribution in [0.15, 0.2) is 60.7 Å². The molecule has 4 nitrogen and oxygen atoms in total.